The Morgan fingerprint density at radius 2 is 1.92 bits per heavy atom. The first-order valence-electron chi connectivity index (χ1n) is 7.66. The molecule has 0 aliphatic rings. The van der Waals surface area contributed by atoms with Crippen molar-refractivity contribution in [2.24, 2.45) is 5.73 Å². The van der Waals surface area contributed by atoms with Gasteiger partial charge in [0.15, 0.2) is 11.5 Å². The van der Waals surface area contributed by atoms with E-state index in [1.807, 2.05) is 35.6 Å². The van der Waals surface area contributed by atoms with Crippen molar-refractivity contribution in [2.45, 2.75) is 19.5 Å². The monoisotopic (exact) mass is 339 g/mol. The van der Waals surface area contributed by atoms with E-state index in [0.717, 1.165) is 5.56 Å². The molecule has 25 heavy (non-hydrogen) atoms. The summed E-state index contributed by atoms with van der Waals surface area (Å²) >= 11 is 0. The Morgan fingerprint density at radius 1 is 1.12 bits per heavy atom. The molecule has 3 aromatic rings. The van der Waals surface area contributed by atoms with Crippen LogP contribution < -0.4 is 16.4 Å². The molecule has 0 radical (unpaired) electrons. The second-order valence-electron chi connectivity index (χ2n) is 5.33. The molecule has 1 aromatic carbocycles. The molecule has 0 aliphatic heterocycles. The maximum atomic E-state index is 11.5. The van der Waals surface area contributed by atoms with Crippen molar-refractivity contribution < 1.29 is 9.59 Å². The Labute approximate surface area is 143 Å². The smallest absolute Gasteiger partial charge is 0.318 e. The third kappa shape index (κ3) is 4.08. The number of hydrogen-bond donors (Lipinski definition) is 3. The van der Waals surface area contributed by atoms with Crippen LogP contribution in [0.1, 0.15) is 12.0 Å². The summed E-state index contributed by atoms with van der Waals surface area (Å²) in [7, 11) is 0. The lowest BCUT2D eigenvalue weighted by atomic mass is 10.2. The quantitative estimate of drug-likeness (QED) is 0.615. The highest BCUT2D eigenvalue weighted by Crippen LogP contribution is 2.18. The van der Waals surface area contributed by atoms with E-state index in [-0.39, 0.29) is 6.42 Å². The second-order valence-corrected chi connectivity index (χ2v) is 5.33. The Morgan fingerprint density at radius 3 is 2.68 bits per heavy atom. The number of anilines is 1. The molecule has 0 aliphatic carbocycles. The van der Waals surface area contributed by atoms with E-state index < -0.39 is 11.9 Å². The predicted octanol–water partition coefficient (Wildman–Crippen LogP) is 1.02. The van der Waals surface area contributed by atoms with Crippen LogP contribution in [-0.4, -0.2) is 31.5 Å². The van der Waals surface area contributed by atoms with E-state index in [1.165, 1.54) is 6.33 Å². The molecular formula is C16H17N7O2. The molecule has 0 atom stereocenters. The Bertz CT molecular complexity index is 892. The van der Waals surface area contributed by atoms with Gasteiger partial charge in [-0.05, 0) is 5.56 Å². The topological polar surface area (TPSA) is 128 Å². The van der Waals surface area contributed by atoms with Crippen LogP contribution in [0, 0.1) is 0 Å². The zero-order chi connectivity index (χ0) is 17.6. The number of nitrogens with one attached hydrogen (secondary N) is 2. The standard InChI is InChI=1S/C16H17N7O2/c17-16(25)22-12(24)6-7-23-10-21-13-14(19-9-20-15(13)23)18-8-11-4-2-1-3-5-11/h1-5,9-10H,6-8H2,(H,18,19,20)(H3,17,22,24,25). The van der Waals surface area contributed by atoms with E-state index in [2.05, 4.69) is 20.3 Å². The number of hydrogen-bond acceptors (Lipinski definition) is 6. The summed E-state index contributed by atoms with van der Waals surface area (Å²) in [4.78, 5) is 35.0. The van der Waals surface area contributed by atoms with Gasteiger partial charge in [-0.15, -0.1) is 0 Å². The van der Waals surface area contributed by atoms with Crippen LogP contribution in [0.15, 0.2) is 43.0 Å². The van der Waals surface area contributed by atoms with E-state index in [4.69, 9.17) is 5.73 Å². The predicted molar refractivity (Wildman–Crippen MR) is 91.4 cm³/mol. The fraction of sp³-hybridized carbons (Fsp3) is 0.188. The molecule has 3 amide bonds. The van der Waals surface area contributed by atoms with Crippen LogP contribution in [0.4, 0.5) is 10.6 Å². The van der Waals surface area contributed by atoms with Crippen molar-refractivity contribution in [2.75, 3.05) is 5.32 Å². The minimum absolute atomic E-state index is 0.0885. The number of carbonyl (C=O) groups is 2. The molecule has 128 valence electrons. The molecular weight excluding hydrogens is 322 g/mol. The molecule has 9 heteroatoms. The SMILES string of the molecule is NC(=O)NC(=O)CCn1cnc2c(NCc3ccccc3)ncnc21. The molecule has 2 heterocycles. The number of aromatic nitrogens is 4. The van der Waals surface area contributed by atoms with Crippen molar-refractivity contribution in [3.8, 4) is 0 Å². The number of imidazole rings is 1. The molecule has 2 aromatic heterocycles. The van der Waals surface area contributed by atoms with Gasteiger partial charge in [0.25, 0.3) is 0 Å². The van der Waals surface area contributed by atoms with Crippen LogP contribution in [0.5, 0.6) is 0 Å². The Hall–Kier alpha value is -3.49. The first-order chi connectivity index (χ1) is 12.1. The van der Waals surface area contributed by atoms with E-state index >= 15 is 0 Å². The maximum absolute atomic E-state index is 11.5. The van der Waals surface area contributed by atoms with Gasteiger partial charge >= 0.3 is 6.03 Å². The number of rotatable bonds is 6. The van der Waals surface area contributed by atoms with Gasteiger partial charge in [0.05, 0.1) is 6.33 Å². The van der Waals surface area contributed by atoms with Gasteiger partial charge in [0.1, 0.15) is 11.8 Å². The van der Waals surface area contributed by atoms with Crippen molar-refractivity contribution in [3.63, 3.8) is 0 Å². The van der Waals surface area contributed by atoms with Gasteiger partial charge in [-0.25, -0.2) is 19.7 Å². The summed E-state index contributed by atoms with van der Waals surface area (Å²) in [6.07, 6.45) is 3.12. The normalized spacial score (nSPS) is 10.6. The zero-order valence-electron chi connectivity index (χ0n) is 13.3. The lowest BCUT2D eigenvalue weighted by Gasteiger charge is -2.07. The summed E-state index contributed by atoms with van der Waals surface area (Å²) in [5, 5.41) is 5.27. The van der Waals surface area contributed by atoms with Crippen molar-refractivity contribution in [1.29, 1.82) is 0 Å². The van der Waals surface area contributed by atoms with Crippen molar-refractivity contribution >= 4 is 28.9 Å². The Balaban J connectivity index is 1.71. The number of nitrogens with two attached hydrogens (primary N) is 1. The summed E-state index contributed by atoms with van der Waals surface area (Å²) in [5.41, 5.74) is 7.27. The molecule has 0 spiro atoms. The average Bonchev–Trinajstić information content (AvgIpc) is 3.02. The molecule has 0 saturated heterocycles. The fourth-order valence-corrected chi connectivity index (χ4v) is 2.38. The summed E-state index contributed by atoms with van der Waals surface area (Å²) in [6.45, 7) is 0.936. The molecule has 9 nitrogen and oxygen atoms in total. The summed E-state index contributed by atoms with van der Waals surface area (Å²) < 4.78 is 1.73. The number of nitrogens with zero attached hydrogens (tertiary/aromatic N) is 4. The number of benzene rings is 1. The minimum atomic E-state index is -0.866. The largest absolute Gasteiger partial charge is 0.364 e. The number of fused-ring (bicyclic) bond motifs is 1. The molecule has 4 N–H and O–H groups in total. The average molecular weight is 339 g/mol. The minimum Gasteiger partial charge on any atom is -0.364 e. The van der Waals surface area contributed by atoms with Gasteiger partial charge in [-0.2, -0.15) is 0 Å². The van der Waals surface area contributed by atoms with Gasteiger partial charge in [-0.3, -0.25) is 10.1 Å². The molecule has 0 bridgehead atoms. The number of aryl methyl sites for hydroxylation is 1. The third-order valence-corrected chi connectivity index (χ3v) is 3.55. The maximum Gasteiger partial charge on any atom is 0.318 e. The van der Waals surface area contributed by atoms with E-state index in [1.54, 1.807) is 10.9 Å². The first kappa shape index (κ1) is 16.4. The number of urea groups is 1. The highest BCUT2D eigenvalue weighted by molar-refractivity contribution is 5.93. The number of amides is 3. The first-order valence-corrected chi connectivity index (χ1v) is 7.66. The summed E-state index contributed by atoms with van der Waals surface area (Å²) in [5.74, 6) is 0.167. The molecule has 0 fully saturated rings. The second kappa shape index (κ2) is 7.39. The van der Waals surface area contributed by atoms with Crippen molar-refractivity contribution in [3.05, 3.63) is 48.5 Å². The number of imide groups is 1. The van der Waals surface area contributed by atoms with E-state index in [9.17, 15) is 9.59 Å². The van der Waals surface area contributed by atoms with Crippen LogP contribution >= 0.6 is 0 Å². The zero-order valence-corrected chi connectivity index (χ0v) is 13.3. The highest BCUT2D eigenvalue weighted by atomic mass is 16.2. The fourth-order valence-electron chi connectivity index (χ4n) is 2.38. The molecule has 3 rings (SSSR count). The lowest BCUT2D eigenvalue weighted by Crippen LogP contribution is -2.35. The van der Waals surface area contributed by atoms with Crippen LogP contribution in [0.25, 0.3) is 11.2 Å². The molecule has 0 saturated carbocycles. The Kier molecular flexibility index (Phi) is 4.84. The lowest BCUT2D eigenvalue weighted by molar-refractivity contribution is -0.120. The van der Waals surface area contributed by atoms with Crippen LogP contribution in [0.3, 0.4) is 0 Å². The highest BCUT2D eigenvalue weighted by Gasteiger charge is 2.11. The third-order valence-electron chi connectivity index (χ3n) is 3.55. The molecule has 0 unspecified atom stereocenters. The summed E-state index contributed by atoms with van der Waals surface area (Å²) in [6, 6.07) is 9.07. The van der Waals surface area contributed by atoms with Crippen molar-refractivity contribution in [1.82, 2.24) is 24.8 Å². The van der Waals surface area contributed by atoms with E-state index in [0.29, 0.717) is 30.1 Å². The number of primary amides is 1. The van der Waals surface area contributed by atoms with Gasteiger partial charge in [-0.1, -0.05) is 30.3 Å². The van der Waals surface area contributed by atoms with Crippen LogP contribution in [0.2, 0.25) is 0 Å². The van der Waals surface area contributed by atoms with Gasteiger partial charge < -0.3 is 15.6 Å². The number of carbonyl (C=O) groups excluding carboxylic acids is 2. The van der Waals surface area contributed by atoms with Gasteiger partial charge in [0.2, 0.25) is 5.91 Å². The van der Waals surface area contributed by atoms with Crippen LogP contribution in [-0.2, 0) is 17.9 Å². The van der Waals surface area contributed by atoms with Gasteiger partial charge in [0, 0.05) is 19.5 Å².